The molecule has 1 aliphatic rings. The van der Waals surface area contributed by atoms with E-state index in [2.05, 4.69) is 15.9 Å². The van der Waals surface area contributed by atoms with Crippen molar-refractivity contribution in [2.75, 3.05) is 35.0 Å². The second-order valence-electron chi connectivity index (χ2n) is 5.72. The SMILES string of the molecule is CCOc1cc(C2C(C(=O)OC)=CN(C)C=C2C(=O)OC)cc(Br)c1OC. The van der Waals surface area contributed by atoms with Crippen LogP contribution in [-0.2, 0) is 19.1 Å². The van der Waals surface area contributed by atoms with Crippen LogP contribution in [0.15, 0.2) is 40.2 Å². The Morgan fingerprint density at radius 3 is 2.07 bits per heavy atom. The second-order valence-corrected chi connectivity index (χ2v) is 6.57. The van der Waals surface area contributed by atoms with Crippen molar-refractivity contribution >= 4 is 27.9 Å². The summed E-state index contributed by atoms with van der Waals surface area (Å²) in [5.41, 5.74) is 1.28. The molecule has 0 bridgehead atoms. The lowest BCUT2D eigenvalue weighted by atomic mass is 9.83. The van der Waals surface area contributed by atoms with Crippen LogP contribution < -0.4 is 9.47 Å². The number of hydrogen-bond acceptors (Lipinski definition) is 7. The van der Waals surface area contributed by atoms with Crippen molar-refractivity contribution in [1.29, 1.82) is 0 Å². The minimum absolute atomic E-state index is 0.308. The molecule has 0 radical (unpaired) electrons. The molecule has 0 unspecified atom stereocenters. The lowest BCUT2D eigenvalue weighted by molar-refractivity contribution is -0.137. The molecule has 2 rings (SSSR count). The molecule has 0 saturated carbocycles. The van der Waals surface area contributed by atoms with E-state index in [1.807, 2.05) is 6.92 Å². The van der Waals surface area contributed by atoms with Crippen molar-refractivity contribution < 1.29 is 28.5 Å². The molecule has 146 valence electrons. The van der Waals surface area contributed by atoms with Gasteiger partial charge in [0.15, 0.2) is 11.5 Å². The summed E-state index contributed by atoms with van der Waals surface area (Å²) in [6.07, 6.45) is 3.25. The summed E-state index contributed by atoms with van der Waals surface area (Å²) in [5.74, 6) is -0.725. The Morgan fingerprint density at radius 1 is 1.07 bits per heavy atom. The topological polar surface area (TPSA) is 74.3 Å². The number of rotatable bonds is 6. The van der Waals surface area contributed by atoms with Crippen molar-refractivity contribution in [2.45, 2.75) is 12.8 Å². The molecule has 0 aliphatic carbocycles. The van der Waals surface area contributed by atoms with Gasteiger partial charge < -0.3 is 23.8 Å². The molecule has 8 heteroatoms. The lowest BCUT2D eigenvalue weighted by Gasteiger charge is -2.28. The minimum Gasteiger partial charge on any atom is -0.492 e. The molecule has 0 atom stereocenters. The predicted octanol–water partition coefficient (Wildman–Crippen LogP) is 3.00. The summed E-state index contributed by atoms with van der Waals surface area (Å²) in [7, 11) is 5.85. The van der Waals surface area contributed by atoms with E-state index in [0.717, 1.165) is 0 Å². The van der Waals surface area contributed by atoms with E-state index in [9.17, 15) is 9.59 Å². The van der Waals surface area contributed by atoms with E-state index >= 15 is 0 Å². The fraction of sp³-hybridized carbons (Fsp3) is 0.368. The number of carbonyl (C=O) groups is 2. The van der Waals surface area contributed by atoms with Crippen LogP contribution in [0, 0.1) is 0 Å². The first-order valence-corrected chi connectivity index (χ1v) is 8.99. The molecule has 7 nitrogen and oxygen atoms in total. The first kappa shape index (κ1) is 20.8. The van der Waals surface area contributed by atoms with Crippen LogP contribution in [0.1, 0.15) is 18.4 Å². The molecule has 0 spiro atoms. The average Bonchev–Trinajstić information content (AvgIpc) is 2.65. The first-order valence-electron chi connectivity index (χ1n) is 8.20. The Morgan fingerprint density at radius 2 is 1.63 bits per heavy atom. The molecule has 0 aromatic heterocycles. The third-order valence-electron chi connectivity index (χ3n) is 4.02. The van der Waals surface area contributed by atoms with Gasteiger partial charge in [-0.1, -0.05) is 0 Å². The van der Waals surface area contributed by atoms with Gasteiger partial charge in [0.2, 0.25) is 0 Å². The Hall–Kier alpha value is -2.48. The molecule has 1 aromatic rings. The summed E-state index contributed by atoms with van der Waals surface area (Å²) in [6.45, 7) is 2.29. The molecule has 1 aliphatic heterocycles. The van der Waals surface area contributed by atoms with E-state index in [1.165, 1.54) is 21.3 Å². The lowest BCUT2D eigenvalue weighted by Crippen LogP contribution is -2.27. The van der Waals surface area contributed by atoms with Gasteiger partial charge in [0.25, 0.3) is 0 Å². The third-order valence-corrected chi connectivity index (χ3v) is 4.61. The highest BCUT2D eigenvalue weighted by Crippen LogP contribution is 2.43. The van der Waals surface area contributed by atoms with Crippen molar-refractivity contribution in [3.8, 4) is 11.5 Å². The van der Waals surface area contributed by atoms with Crippen molar-refractivity contribution in [3.05, 3.63) is 45.7 Å². The van der Waals surface area contributed by atoms with Gasteiger partial charge in [0.1, 0.15) is 0 Å². The average molecular weight is 440 g/mol. The van der Waals surface area contributed by atoms with Gasteiger partial charge in [-0.2, -0.15) is 0 Å². The van der Waals surface area contributed by atoms with Gasteiger partial charge in [-0.25, -0.2) is 9.59 Å². The highest BCUT2D eigenvalue weighted by molar-refractivity contribution is 9.10. The van der Waals surface area contributed by atoms with Crippen LogP contribution >= 0.6 is 15.9 Å². The van der Waals surface area contributed by atoms with E-state index in [-0.39, 0.29) is 0 Å². The number of esters is 2. The molecule has 0 fully saturated rings. The number of carbonyl (C=O) groups excluding carboxylic acids is 2. The molecular formula is C19H22BrNO6. The summed E-state index contributed by atoms with van der Waals surface area (Å²) in [5, 5.41) is 0. The summed E-state index contributed by atoms with van der Waals surface area (Å²) in [6, 6.07) is 3.53. The van der Waals surface area contributed by atoms with Crippen LogP contribution in [0.5, 0.6) is 11.5 Å². The van der Waals surface area contributed by atoms with Crippen LogP contribution in [0.2, 0.25) is 0 Å². The fourth-order valence-corrected chi connectivity index (χ4v) is 3.57. The maximum Gasteiger partial charge on any atom is 0.336 e. The molecule has 27 heavy (non-hydrogen) atoms. The molecule has 0 amide bonds. The number of benzene rings is 1. The van der Waals surface area contributed by atoms with Gasteiger partial charge in [-0.05, 0) is 40.5 Å². The molecule has 1 heterocycles. The Labute approximate surface area is 166 Å². The van der Waals surface area contributed by atoms with Crippen LogP contribution in [0.3, 0.4) is 0 Å². The molecule has 0 N–H and O–H groups in total. The van der Waals surface area contributed by atoms with Gasteiger partial charge in [0.05, 0.1) is 49.5 Å². The third kappa shape index (κ3) is 4.27. The highest BCUT2D eigenvalue weighted by Gasteiger charge is 2.35. The zero-order valence-electron chi connectivity index (χ0n) is 15.9. The van der Waals surface area contributed by atoms with Gasteiger partial charge in [0, 0.05) is 19.4 Å². The maximum atomic E-state index is 12.4. The van der Waals surface area contributed by atoms with Crippen LogP contribution in [0.4, 0.5) is 0 Å². The zero-order chi connectivity index (χ0) is 20.1. The minimum atomic E-state index is -0.678. The summed E-state index contributed by atoms with van der Waals surface area (Å²) < 4.78 is 21.5. The first-order chi connectivity index (χ1) is 12.9. The number of halogens is 1. The Balaban J connectivity index is 2.68. The molecule has 1 aromatic carbocycles. The normalized spacial score (nSPS) is 14.2. The predicted molar refractivity (Wildman–Crippen MR) is 103 cm³/mol. The van der Waals surface area contributed by atoms with Gasteiger partial charge in [-0.3, -0.25) is 0 Å². The van der Waals surface area contributed by atoms with E-state index in [0.29, 0.717) is 39.3 Å². The van der Waals surface area contributed by atoms with Crippen LogP contribution in [0.25, 0.3) is 0 Å². The Kier molecular flexibility index (Phi) is 6.90. The van der Waals surface area contributed by atoms with Crippen molar-refractivity contribution in [3.63, 3.8) is 0 Å². The summed E-state index contributed by atoms with van der Waals surface area (Å²) >= 11 is 3.47. The number of hydrogen-bond donors (Lipinski definition) is 0. The fourth-order valence-electron chi connectivity index (χ4n) is 2.94. The zero-order valence-corrected chi connectivity index (χ0v) is 17.5. The Bertz CT molecular complexity index is 768. The summed E-state index contributed by atoms with van der Waals surface area (Å²) in [4.78, 5) is 26.4. The highest BCUT2D eigenvalue weighted by atomic mass is 79.9. The second kappa shape index (κ2) is 8.94. The van der Waals surface area contributed by atoms with E-state index in [4.69, 9.17) is 18.9 Å². The molecular weight excluding hydrogens is 418 g/mol. The van der Waals surface area contributed by atoms with Crippen LogP contribution in [-0.4, -0.2) is 51.8 Å². The monoisotopic (exact) mass is 439 g/mol. The number of ether oxygens (including phenoxy) is 4. The van der Waals surface area contributed by atoms with E-state index in [1.54, 1.807) is 36.5 Å². The standard InChI is InChI=1S/C19H22BrNO6/c1-6-27-15-8-11(7-14(20)17(15)24-3)16-12(18(22)25-4)9-21(2)10-13(16)19(23)26-5/h7-10,16H,6H2,1-5H3. The largest absolute Gasteiger partial charge is 0.492 e. The van der Waals surface area contributed by atoms with Gasteiger partial charge in [-0.15, -0.1) is 0 Å². The number of nitrogens with zero attached hydrogens (tertiary/aromatic N) is 1. The quantitative estimate of drug-likeness (QED) is 0.630. The maximum absolute atomic E-state index is 12.4. The smallest absolute Gasteiger partial charge is 0.336 e. The van der Waals surface area contributed by atoms with Crippen molar-refractivity contribution in [2.24, 2.45) is 0 Å². The van der Waals surface area contributed by atoms with Crippen molar-refractivity contribution in [1.82, 2.24) is 4.90 Å². The van der Waals surface area contributed by atoms with E-state index < -0.39 is 17.9 Å². The van der Waals surface area contributed by atoms with Gasteiger partial charge >= 0.3 is 11.9 Å². The molecule has 0 saturated heterocycles. The number of methoxy groups -OCH3 is 3.